The highest BCUT2D eigenvalue weighted by Crippen LogP contribution is 2.20. The van der Waals surface area contributed by atoms with Gasteiger partial charge in [0.15, 0.2) is 6.10 Å². The molecule has 0 fully saturated rings. The first-order valence-corrected chi connectivity index (χ1v) is 31.2. The molecule has 0 amide bonds. The van der Waals surface area contributed by atoms with Gasteiger partial charge in [0.05, 0.1) is 0 Å². The van der Waals surface area contributed by atoms with E-state index in [-0.39, 0.29) is 31.1 Å². The first kappa shape index (κ1) is 67.4. The summed E-state index contributed by atoms with van der Waals surface area (Å²) in [7, 11) is 0. The lowest BCUT2D eigenvalue weighted by atomic mass is 9.99. The molecule has 0 aliphatic rings. The number of ether oxygens (including phenoxy) is 3. The molecule has 0 bridgehead atoms. The van der Waals surface area contributed by atoms with Gasteiger partial charge >= 0.3 is 17.9 Å². The van der Waals surface area contributed by atoms with E-state index < -0.39 is 6.10 Å². The Morgan fingerprint density at radius 2 is 0.507 bits per heavy atom. The van der Waals surface area contributed by atoms with Gasteiger partial charge in [-0.1, -0.05) is 311 Å². The molecule has 410 valence electrons. The van der Waals surface area contributed by atoms with Crippen LogP contribution in [0.5, 0.6) is 0 Å². The fourth-order valence-electron chi connectivity index (χ4n) is 9.64. The van der Waals surface area contributed by atoms with Crippen LogP contribution in [-0.4, -0.2) is 37.2 Å². The zero-order chi connectivity index (χ0) is 50.5. The molecule has 0 saturated heterocycles. The van der Waals surface area contributed by atoms with Gasteiger partial charge in [0.25, 0.3) is 0 Å². The van der Waals surface area contributed by atoms with Gasteiger partial charge in [-0.15, -0.1) is 0 Å². The minimum absolute atomic E-state index is 0.0630. The molecule has 2 unspecified atom stereocenters. The number of carbonyl (C=O) groups is 3. The molecular weight excluding hydrogens is 853 g/mol. The van der Waals surface area contributed by atoms with Crippen LogP contribution in [-0.2, 0) is 28.6 Å². The highest BCUT2D eigenvalue weighted by atomic mass is 16.6. The molecule has 0 N–H and O–H groups in total. The maximum Gasteiger partial charge on any atom is 0.306 e. The summed E-state index contributed by atoms with van der Waals surface area (Å²) in [6.45, 7) is 13.9. The first-order chi connectivity index (χ1) is 33.7. The zero-order valence-corrected chi connectivity index (χ0v) is 47.6. The average molecular weight is 976 g/mol. The van der Waals surface area contributed by atoms with E-state index in [0.717, 1.165) is 75.5 Å². The fourth-order valence-corrected chi connectivity index (χ4v) is 9.64. The quantitative estimate of drug-likeness (QED) is 0.0343. The van der Waals surface area contributed by atoms with Gasteiger partial charge in [0.1, 0.15) is 13.2 Å². The number of unbranched alkanes of at least 4 members (excludes halogenated alkanes) is 37. The second-order valence-electron chi connectivity index (χ2n) is 22.7. The Labute approximate surface area is 431 Å². The van der Waals surface area contributed by atoms with E-state index in [9.17, 15) is 14.4 Å². The van der Waals surface area contributed by atoms with Crippen molar-refractivity contribution in [2.45, 2.75) is 356 Å². The summed E-state index contributed by atoms with van der Waals surface area (Å²) in [6.07, 6.45) is 58.0. The summed E-state index contributed by atoms with van der Waals surface area (Å²) in [5.74, 6) is 1.78. The second kappa shape index (κ2) is 54.2. The smallest absolute Gasteiger partial charge is 0.306 e. The van der Waals surface area contributed by atoms with E-state index in [4.69, 9.17) is 14.2 Å². The maximum absolute atomic E-state index is 12.9. The predicted molar refractivity (Wildman–Crippen MR) is 298 cm³/mol. The Morgan fingerprint density at radius 3 is 0.754 bits per heavy atom. The lowest BCUT2D eigenvalue weighted by Crippen LogP contribution is -2.30. The SMILES string of the molecule is CCC(C)CCCCCCCCCCCCCCCCC(=O)O[C@H](COC(=O)CCCCCCCCCCCCCCCCCCC(C)C)COC(=O)CCCCCCCCCCCCC(C)CC. The molecular formula is C63H122O6. The summed E-state index contributed by atoms with van der Waals surface area (Å²) < 4.78 is 16.9. The van der Waals surface area contributed by atoms with Gasteiger partial charge in [-0.2, -0.15) is 0 Å². The molecule has 0 aromatic heterocycles. The molecule has 0 rings (SSSR count). The molecule has 6 heteroatoms. The third-order valence-corrected chi connectivity index (χ3v) is 15.1. The molecule has 0 aromatic carbocycles. The molecule has 0 aromatic rings. The van der Waals surface area contributed by atoms with E-state index in [1.807, 2.05) is 0 Å². The topological polar surface area (TPSA) is 78.9 Å². The monoisotopic (exact) mass is 975 g/mol. The van der Waals surface area contributed by atoms with Gasteiger partial charge in [0.2, 0.25) is 0 Å². The van der Waals surface area contributed by atoms with Crippen molar-refractivity contribution >= 4 is 17.9 Å². The van der Waals surface area contributed by atoms with Crippen LogP contribution in [0, 0.1) is 17.8 Å². The van der Waals surface area contributed by atoms with Crippen LogP contribution in [0.2, 0.25) is 0 Å². The Morgan fingerprint density at radius 1 is 0.290 bits per heavy atom. The Balaban J connectivity index is 4.29. The normalized spacial score (nSPS) is 12.9. The van der Waals surface area contributed by atoms with Gasteiger partial charge < -0.3 is 14.2 Å². The van der Waals surface area contributed by atoms with E-state index >= 15 is 0 Å². The van der Waals surface area contributed by atoms with Crippen molar-refractivity contribution in [3.8, 4) is 0 Å². The average Bonchev–Trinajstić information content (AvgIpc) is 3.34. The molecule has 6 nitrogen and oxygen atoms in total. The van der Waals surface area contributed by atoms with Gasteiger partial charge in [0, 0.05) is 19.3 Å². The summed E-state index contributed by atoms with van der Waals surface area (Å²) in [5, 5.41) is 0. The molecule has 0 aliphatic carbocycles. The van der Waals surface area contributed by atoms with E-state index in [1.54, 1.807) is 0 Å². The molecule has 0 saturated carbocycles. The van der Waals surface area contributed by atoms with Gasteiger partial charge in [-0.05, 0) is 37.0 Å². The molecule has 3 atom stereocenters. The number of carbonyl (C=O) groups excluding carboxylic acids is 3. The van der Waals surface area contributed by atoms with Crippen LogP contribution < -0.4 is 0 Å². The molecule has 0 spiro atoms. The van der Waals surface area contributed by atoms with Crippen molar-refractivity contribution in [3.63, 3.8) is 0 Å². The third-order valence-electron chi connectivity index (χ3n) is 15.1. The number of hydrogen-bond acceptors (Lipinski definition) is 6. The molecule has 0 heterocycles. The van der Waals surface area contributed by atoms with Crippen molar-refractivity contribution in [3.05, 3.63) is 0 Å². The Bertz CT molecular complexity index is 1070. The highest BCUT2D eigenvalue weighted by Gasteiger charge is 2.19. The van der Waals surface area contributed by atoms with Gasteiger partial charge in [-0.25, -0.2) is 0 Å². The molecule has 0 radical (unpaired) electrons. The van der Waals surface area contributed by atoms with Crippen LogP contribution in [0.25, 0.3) is 0 Å². The van der Waals surface area contributed by atoms with Crippen LogP contribution in [0.15, 0.2) is 0 Å². The molecule has 0 aliphatic heterocycles. The van der Waals surface area contributed by atoms with Crippen molar-refractivity contribution in [1.82, 2.24) is 0 Å². The Kier molecular flexibility index (Phi) is 52.9. The standard InChI is InChI=1S/C63H122O6/c1-7-58(5)50-44-38-32-26-20-16-13-14-18-22-30-36-42-48-54-63(66)69-60(56-68-62(65)53-47-41-35-29-24-23-27-33-39-45-51-59(6)8-2)55-67-61(64)52-46-40-34-28-21-17-12-10-9-11-15-19-25-31-37-43-49-57(3)4/h57-60H,7-56H2,1-6H3/t58?,59?,60-/m1/s1. The van der Waals surface area contributed by atoms with Crippen molar-refractivity contribution < 1.29 is 28.6 Å². The van der Waals surface area contributed by atoms with Crippen molar-refractivity contribution in [1.29, 1.82) is 0 Å². The van der Waals surface area contributed by atoms with Crippen LogP contribution in [0.4, 0.5) is 0 Å². The summed E-state index contributed by atoms with van der Waals surface area (Å²) in [5.41, 5.74) is 0. The maximum atomic E-state index is 12.9. The summed E-state index contributed by atoms with van der Waals surface area (Å²) in [4.78, 5) is 38.3. The van der Waals surface area contributed by atoms with E-state index in [1.165, 1.54) is 231 Å². The largest absolute Gasteiger partial charge is 0.462 e. The van der Waals surface area contributed by atoms with E-state index in [0.29, 0.717) is 19.3 Å². The minimum Gasteiger partial charge on any atom is -0.462 e. The van der Waals surface area contributed by atoms with Crippen LogP contribution >= 0.6 is 0 Å². The number of esters is 3. The van der Waals surface area contributed by atoms with Crippen LogP contribution in [0.1, 0.15) is 350 Å². The number of rotatable bonds is 56. The minimum atomic E-state index is -0.764. The van der Waals surface area contributed by atoms with Crippen molar-refractivity contribution in [2.24, 2.45) is 17.8 Å². The third kappa shape index (κ3) is 54.0. The fraction of sp³-hybridized carbons (Fsp3) is 0.952. The van der Waals surface area contributed by atoms with Crippen LogP contribution in [0.3, 0.4) is 0 Å². The summed E-state index contributed by atoms with van der Waals surface area (Å²) in [6, 6.07) is 0. The lowest BCUT2D eigenvalue weighted by Gasteiger charge is -2.18. The predicted octanol–water partition coefficient (Wildman–Crippen LogP) is 20.7. The molecule has 69 heavy (non-hydrogen) atoms. The van der Waals surface area contributed by atoms with E-state index in [2.05, 4.69) is 41.5 Å². The van der Waals surface area contributed by atoms with Gasteiger partial charge in [-0.3, -0.25) is 14.4 Å². The zero-order valence-electron chi connectivity index (χ0n) is 47.6. The lowest BCUT2D eigenvalue weighted by molar-refractivity contribution is -0.167. The number of hydrogen-bond donors (Lipinski definition) is 0. The first-order valence-electron chi connectivity index (χ1n) is 31.2. The summed E-state index contributed by atoms with van der Waals surface area (Å²) >= 11 is 0. The van der Waals surface area contributed by atoms with Crippen molar-refractivity contribution in [2.75, 3.05) is 13.2 Å². The Hall–Kier alpha value is -1.59. The highest BCUT2D eigenvalue weighted by molar-refractivity contribution is 5.71. The second-order valence-corrected chi connectivity index (χ2v) is 22.7.